The molecule has 88 valence electrons. The van der Waals surface area contributed by atoms with Gasteiger partial charge >= 0.3 is 0 Å². The molecule has 0 bridgehead atoms. The first-order valence-corrected chi connectivity index (χ1v) is 5.69. The van der Waals surface area contributed by atoms with Gasteiger partial charge in [0.1, 0.15) is 6.10 Å². The highest BCUT2D eigenvalue weighted by atomic mass is 16.6. The van der Waals surface area contributed by atoms with Crippen LogP contribution in [0.1, 0.15) is 12.5 Å². The molecule has 3 heteroatoms. The molecular weight excluding hydrogens is 204 g/mol. The van der Waals surface area contributed by atoms with E-state index < -0.39 is 0 Å². The first kappa shape index (κ1) is 11.6. The Morgan fingerprint density at radius 1 is 1.38 bits per heavy atom. The minimum Gasteiger partial charge on any atom is -0.394 e. The van der Waals surface area contributed by atoms with Gasteiger partial charge in [0.25, 0.3) is 0 Å². The molecule has 0 aliphatic carbocycles. The lowest BCUT2D eigenvalue weighted by Crippen LogP contribution is -2.15. The average Bonchev–Trinajstić information content (AvgIpc) is 3.09. The van der Waals surface area contributed by atoms with Gasteiger partial charge in [0.15, 0.2) is 0 Å². The van der Waals surface area contributed by atoms with E-state index in [1.165, 1.54) is 5.56 Å². The third-order valence-electron chi connectivity index (χ3n) is 2.85. The summed E-state index contributed by atoms with van der Waals surface area (Å²) in [6, 6.07) is 10.1. The normalized spacial score (nSPS) is 25.4. The second-order valence-corrected chi connectivity index (χ2v) is 4.30. The van der Waals surface area contributed by atoms with E-state index in [-0.39, 0.29) is 18.8 Å². The van der Waals surface area contributed by atoms with E-state index in [0.29, 0.717) is 19.1 Å². The van der Waals surface area contributed by atoms with Crippen molar-refractivity contribution in [3.05, 3.63) is 35.9 Å². The maximum absolute atomic E-state index is 8.86. The number of aliphatic hydroxyl groups excluding tert-OH is 1. The Bertz CT molecular complexity index is 312. The van der Waals surface area contributed by atoms with Crippen LogP contribution in [0.5, 0.6) is 0 Å². The van der Waals surface area contributed by atoms with Crippen LogP contribution in [0.2, 0.25) is 0 Å². The first-order chi connectivity index (χ1) is 7.81. The van der Waals surface area contributed by atoms with Crippen LogP contribution in [0.4, 0.5) is 0 Å². The number of benzene rings is 1. The standard InChI is InChI=1S/C13H18O3/c1-10(13-12(7-14)16-13)8-15-9-11-5-3-2-4-6-11/h2-6,10,12-14H,7-9H2,1H3/t10-,12-,13-/m0/s1. The fourth-order valence-corrected chi connectivity index (χ4v) is 1.84. The molecule has 0 amide bonds. The van der Waals surface area contributed by atoms with Gasteiger partial charge in [0.05, 0.1) is 25.9 Å². The fraction of sp³-hybridized carbons (Fsp3) is 0.538. The molecule has 0 radical (unpaired) electrons. The highest BCUT2D eigenvalue weighted by molar-refractivity contribution is 5.13. The number of rotatable bonds is 6. The highest BCUT2D eigenvalue weighted by Gasteiger charge is 2.42. The van der Waals surface area contributed by atoms with Crippen LogP contribution in [-0.4, -0.2) is 30.5 Å². The van der Waals surface area contributed by atoms with Crippen molar-refractivity contribution in [2.75, 3.05) is 13.2 Å². The lowest BCUT2D eigenvalue weighted by Gasteiger charge is -2.09. The van der Waals surface area contributed by atoms with Gasteiger partial charge in [-0.15, -0.1) is 0 Å². The van der Waals surface area contributed by atoms with E-state index in [2.05, 4.69) is 19.1 Å². The maximum atomic E-state index is 8.86. The van der Waals surface area contributed by atoms with Crippen LogP contribution in [0.3, 0.4) is 0 Å². The molecule has 3 nitrogen and oxygen atoms in total. The summed E-state index contributed by atoms with van der Waals surface area (Å²) in [5.74, 6) is 0.348. The van der Waals surface area contributed by atoms with Crippen LogP contribution < -0.4 is 0 Å². The molecule has 1 aromatic rings. The Hall–Kier alpha value is -0.900. The zero-order valence-electron chi connectivity index (χ0n) is 9.50. The van der Waals surface area contributed by atoms with Gasteiger partial charge in [0, 0.05) is 5.92 Å². The topological polar surface area (TPSA) is 42.0 Å². The summed E-state index contributed by atoms with van der Waals surface area (Å²) < 4.78 is 10.9. The van der Waals surface area contributed by atoms with E-state index in [4.69, 9.17) is 14.6 Å². The smallest absolute Gasteiger partial charge is 0.108 e. The van der Waals surface area contributed by atoms with Gasteiger partial charge in [-0.05, 0) is 5.56 Å². The Balaban J connectivity index is 1.65. The van der Waals surface area contributed by atoms with E-state index in [1.807, 2.05) is 18.2 Å². The van der Waals surface area contributed by atoms with E-state index >= 15 is 0 Å². The molecule has 1 N–H and O–H groups in total. The lowest BCUT2D eigenvalue weighted by molar-refractivity contribution is 0.0825. The molecule has 1 fully saturated rings. The van der Waals surface area contributed by atoms with E-state index in [0.717, 1.165) is 0 Å². The summed E-state index contributed by atoms with van der Waals surface area (Å²) >= 11 is 0. The van der Waals surface area contributed by atoms with Crippen molar-refractivity contribution in [1.29, 1.82) is 0 Å². The lowest BCUT2D eigenvalue weighted by atomic mass is 10.1. The summed E-state index contributed by atoms with van der Waals surface area (Å²) in [7, 11) is 0. The average molecular weight is 222 g/mol. The van der Waals surface area contributed by atoms with Crippen molar-refractivity contribution in [2.24, 2.45) is 5.92 Å². The quantitative estimate of drug-likeness (QED) is 0.743. The molecule has 0 unspecified atom stereocenters. The zero-order chi connectivity index (χ0) is 11.4. The Morgan fingerprint density at radius 3 is 2.75 bits per heavy atom. The van der Waals surface area contributed by atoms with Crippen LogP contribution in [0, 0.1) is 5.92 Å². The van der Waals surface area contributed by atoms with Crippen molar-refractivity contribution in [3.63, 3.8) is 0 Å². The second-order valence-electron chi connectivity index (χ2n) is 4.30. The Kier molecular flexibility index (Phi) is 3.93. The molecule has 0 aromatic heterocycles. The van der Waals surface area contributed by atoms with E-state index in [9.17, 15) is 0 Å². The Morgan fingerprint density at radius 2 is 2.12 bits per heavy atom. The summed E-state index contributed by atoms with van der Waals surface area (Å²) in [6.45, 7) is 3.52. The number of epoxide rings is 1. The van der Waals surface area contributed by atoms with Gasteiger partial charge in [-0.3, -0.25) is 0 Å². The molecular formula is C13H18O3. The van der Waals surface area contributed by atoms with Crippen LogP contribution in [-0.2, 0) is 16.1 Å². The van der Waals surface area contributed by atoms with Crippen LogP contribution in [0.25, 0.3) is 0 Å². The number of aliphatic hydroxyl groups is 1. The molecule has 16 heavy (non-hydrogen) atoms. The summed E-state index contributed by atoms with van der Waals surface area (Å²) in [4.78, 5) is 0. The van der Waals surface area contributed by atoms with Gasteiger partial charge < -0.3 is 14.6 Å². The van der Waals surface area contributed by atoms with Gasteiger partial charge in [-0.2, -0.15) is 0 Å². The SMILES string of the molecule is C[C@@H](COCc1ccccc1)[C@@H]1O[C@H]1CO. The monoisotopic (exact) mass is 222 g/mol. The minimum atomic E-state index is 0.0373. The molecule has 3 atom stereocenters. The molecule has 1 aromatic carbocycles. The third-order valence-corrected chi connectivity index (χ3v) is 2.85. The molecule has 0 saturated carbocycles. The summed E-state index contributed by atoms with van der Waals surface area (Å²) in [6.07, 6.45) is 0.219. The van der Waals surface area contributed by atoms with Crippen molar-refractivity contribution < 1.29 is 14.6 Å². The number of ether oxygens (including phenoxy) is 2. The maximum Gasteiger partial charge on any atom is 0.108 e. The summed E-state index contributed by atoms with van der Waals surface area (Å²) in [5, 5.41) is 8.86. The minimum absolute atomic E-state index is 0.0373. The molecule has 1 heterocycles. The van der Waals surface area contributed by atoms with Crippen molar-refractivity contribution in [3.8, 4) is 0 Å². The first-order valence-electron chi connectivity index (χ1n) is 5.69. The molecule has 0 spiro atoms. The largest absolute Gasteiger partial charge is 0.394 e. The molecule has 1 saturated heterocycles. The fourth-order valence-electron chi connectivity index (χ4n) is 1.84. The Labute approximate surface area is 96.0 Å². The van der Waals surface area contributed by atoms with Crippen molar-refractivity contribution in [2.45, 2.75) is 25.7 Å². The van der Waals surface area contributed by atoms with Crippen LogP contribution >= 0.6 is 0 Å². The molecule has 2 rings (SSSR count). The number of hydrogen-bond donors (Lipinski definition) is 1. The van der Waals surface area contributed by atoms with Gasteiger partial charge in [-0.1, -0.05) is 37.3 Å². The highest BCUT2D eigenvalue weighted by Crippen LogP contribution is 2.29. The van der Waals surface area contributed by atoms with Gasteiger partial charge in [-0.25, -0.2) is 0 Å². The predicted octanol–water partition coefficient (Wildman–Crippen LogP) is 1.60. The van der Waals surface area contributed by atoms with Crippen molar-refractivity contribution in [1.82, 2.24) is 0 Å². The number of hydrogen-bond acceptors (Lipinski definition) is 3. The van der Waals surface area contributed by atoms with Gasteiger partial charge in [0.2, 0.25) is 0 Å². The predicted molar refractivity (Wildman–Crippen MR) is 61.0 cm³/mol. The van der Waals surface area contributed by atoms with E-state index in [1.54, 1.807) is 0 Å². The summed E-state index contributed by atoms with van der Waals surface area (Å²) in [5.41, 5.74) is 1.19. The second kappa shape index (κ2) is 5.43. The molecule has 1 aliphatic heterocycles. The molecule has 1 aliphatic rings. The third kappa shape index (κ3) is 3.04. The van der Waals surface area contributed by atoms with Crippen molar-refractivity contribution >= 4 is 0 Å². The zero-order valence-corrected chi connectivity index (χ0v) is 9.50. The van der Waals surface area contributed by atoms with Crippen LogP contribution in [0.15, 0.2) is 30.3 Å².